The van der Waals surface area contributed by atoms with Gasteiger partial charge in [-0.3, -0.25) is 4.99 Å². The monoisotopic (exact) mass is 302 g/mol. The topological polar surface area (TPSA) is 67.8 Å². The first-order valence-corrected chi connectivity index (χ1v) is 6.19. The fourth-order valence-corrected chi connectivity index (χ4v) is 1.69. The minimum absolute atomic E-state index is 0.0616. The molecule has 1 aromatic rings. The summed E-state index contributed by atoms with van der Waals surface area (Å²) in [4.78, 5) is 3.75. The Balaban J connectivity index is 3.29. The zero-order chi connectivity index (χ0) is 16.2. The number of allylic oxidation sites excluding steroid dienone is 2. The molecule has 1 rings (SSSR count). The molecule has 4 nitrogen and oxygen atoms in total. The number of benzene rings is 1. The molecule has 0 atom stereocenters. The van der Waals surface area contributed by atoms with Crippen LogP contribution in [0.1, 0.15) is 18.1 Å². The lowest BCUT2D eigenvalue weighted by Gasteiger charge is -2.13. The van der Waals surface area contributed by atoms with Crippen LogP contribution in [0.25, 0.3) is 0 Å². The number of halogens is 3. The maximum absolute atomic E-state index is 12.5. The number of alkyl halides is 3. The van der Waals surface area contributed by atoms with Crippen LogP contribution >= 0.6 is 0 Å². The van der Waals surface area contributed by atoms with E-state index in [1.807, 2.05) is 0 Å². The molecule has 0 spiro atoms. The number of hydrogen-bond acceptors (Lipinski definition) is 4. The summed E-state index contributed by atoms with van der Waals surface area (Å²) >= 11 is 0. The van der Waals surface area contributed by atoms with Crippen LogP contribution in [0.2, 0.25) is 0 Å². The van der Waals surface area contributed by atoms with Crippen LogP contribution in [0, 0.1) is 6.92 Å². The first kappa shape index (κ1) is 16.9. The van der Waals surface area contributed by atoms with E-state index in [1.54, 1.807) is 19.9 Å². The molecule has 0 saturated carbocycles. The summed E-state index contributed by atoms with van der Waals surface area (Å²) < 4.78 is 42.7. The van der Waals surface area contributed by atoms with Crippen LogP contribution < -0.4 is 10.5 Å². The maximum atomic E-state index is 12.5. The van der Waals surface area contributed by atoms with Crippen LogP contribution in [0.3, 0.4) is 0 Å². The van der Waals surface area contributed by atoms with Crippen molar-refractivity contribution in [1.29, 1.82) is 0 Å². The van der Waals surface area contributed by atoms with E-state index in [2.05, 4.69) is 4.99 Å². The second-order valence-corrected chi connectivity index (χ2v) is 4.22. The average Bonchev–Trinajstić information content (AvgIpc) is 2.41. The van der Waals surface area contributed by atoms with Crippen molar-refractivity contribution in [2.24, 2.45) is 10.7 Å². The average molecular weight is 302 g/mol. The lowest BCUT2D eigenvalue weighted by molar-refractivity contribution is -0.0925. The number of ether oxygens (including phenoxy) is 1. The summed E-state index contributed by atoms with van der Waals surface area (Å²) in [7, 11) is 1.32. The van der Waals surface area contributed by atoms with E-state index in [9.17, 15) is 18.3 Å². The van der Waals surface area contributed by atoms with Crippen molar-refractivity contribution in [3.8, 4) is 11.5 Å². The summed E-state index contributed by atoms with van der Waals surface area (Å²) in [5.74, 6) is 0.273. The van der Waals surface area contributed by atoms with Crippen molar-refractivity contribution in [1.82, 2.24) is 0 Å². The molecular formula is C14H17F3N2O2. The second-order valence-electron chi connectivity index (χ2n) is 4.22. The Morgan fingerprint density at radius 1 is 1.43 bits per heavy atom. The van der Waals surface area contributed by atoms with Crippen LogP contribution in [0.4, 0.5) is 13.2 Å². The van der Waals surface area contributed by atoms with Gasteiger partial charge in [-0.15, -0.1) is 0 Å². The van der Waals surface area contributed by atoms with E-state index in [1.165, 1.54) is 13.1 Å². The fourth-order valence-electron chi connectivity index (χ4n) is 1.69. The molecule has 0 unspecified atom stereocenters. The normalized spacial score (nSPS) is 13.4. The third-order valence-electron chi connectivity index (χ3n) is 2.82. The number of rotatable bonds is 4. The van der Waals surface area contributed by atoms with E-state index in [4.69, 9.17) is 10.5 Å². The van der Waals surface area contributed by atoms with Crippen molar-refractivity contribution in [3.63, 3.8) is 0 Å². The van der Waals surface area contributed by atoms with E-state index < -0.39 is 11.9 Å². The van der Waals surface area contributed by atoms with Crippen molar-refractivity contribution in [2.45, 2.75) is 20.0 Å². The number of phenolic OH excluding ortho intramolecular Hbond substituents is 1. The lowest BCUT2D eigenvalue weighted by Crippen LogP contribution is -2.21. The molecular weight excluding hydrogens is 285 g/mol. The number of hydrogen-bond donors (Lipinski definition) is 2. The maximum Gasteiger partial charge on any atom is 0.430 e. The van der Waals surface area contributed by atoms with Gasteiger partial charge in [0.25, 0.3) is 0 Å². The first-order valence-electron chi connectivity index (χ1n) is 6.19. The van der Waals surface area contributed by atoms with Crippen molar-refractivity contribution >= 4 is 5.71 Å². The Morgan fingerprint density at radius 2 is 2.05 bits per heavy atom. The summed E-state index contributed by atoms with van der Waals surface area (Å²) in [5.41, 5.74) is 4.22. The Morgan fingerprint density at radius 3 is 2.52 bits per heavy atom. The number of aliphatic imine (C=N–C) groups is 1. The molecule has 0 heterocycles. The molecule has 1 aromatic carbocycles. The smallest absolute Gasteiger partial charge is 0.430 e. The molecule has 0 radical (unpaired) electrons. The Bertz CT molecular complexity index is 578. The van der Waals surface area contributed by atoms with Gasteiger partial charge < -0.3 is 15.6 Å². The molecule has 3 N–H and O–H groups in total. The molecule has 0 aromatic heterocycles. The number of nitrogens with zero attached hydrogens (tertiary/aromatic N) is 1. The van der Waals surface area contributed by atoms with Gasteiger partial charge in [0.1, 0.15) is 17.2 Å². The Hall–Kier alpha value is -2.18. The third kappa shape index (κ3) is 3.90. The summed E-state index contributed by atoms with van der Waals surface area (Å²) in [6.07, 6.45) is -3.96. The van der Waals surface area contributed by atoms with Gasteiger partial charge in [0.2, 0.25) is 0 Å². The van der Waals surface area contributed by atoms with Gasteiger partial charge in [0.05, 0.1) is 12.3 Å². The quantitative estimate of drug-likeness (QED) is 0.840. The highest BCUT2D eigenvalue weighted by Crippen LogP contribution is 2.32. The molecule has 0 bridgehead atoms. The molecule has 0 amide bonds. The van der Waals surface area contributed by atoms with Gasteiger partial charge in [-0.2, -0.15) is 13.2 Å². The van der Waals surface area contributed by atoms with Crippen molar-refractivity contribution in [2.75, 3.05) is 13.7 Å². The molecule has 0 fully saturated rings. The van der Waals surface area contributed by atoms with Crippen LogP contribution in [0.5, 0.6) is 11.5 Å². The Labute approximate surface area is 120 Å². The highest BCUT2D eigenvalue weighted by atomic mass is 19.4. The first-order chi connectivity index (χ1) is 9.72. The second kappa shape index (κ2) is 6.51. The van der Waals surface area contributed by atoms with E-state index in [0.29, 0.717) is 24.0 Å². The van der Waals surface area contributed by atoms with Gasteiger partial charge >= 0.3 is 6.18 Å². The highest BCUT2D eigenvalue weighted by molar-refractivity contribution is 6.11. The molecule has 0 aliphatic carbocycles. The third-order valence-corrected chi connectivity index (χ3v) is 2.82. The zero-order valence-corrected chi connectivity index (χ0v) is 12.0. The van der Waals surface area contributed by atoms with Gasteiger partial charge in [-0.25, -0.2) is 0 Å². The minimum Gasteiger partial charge on any atom is -0.507 e. The van der Waals surface area contributed by atoms with E-state index in [0.717, 1.165) is 0 Å². The number of nitrogens with two attached hydrogens (primary N) is 1. The van der Waals surface area contributed by atoms with Crippen LogP contribution in [-0.2, 0) is 0 Å². The number of aromatic hydroxyl groups is 1. The summed E-state index contributed by atoms with van der Waals surface area (Å²) in [6.45, 7) is 3.80. The van der Waals surface area contributed by atoms with Crippen molar-refractivity contribution < 1.29 is 23.0 Å². The zero-order valence-electron chi connectivity index (χ0n) is 12.0. The van der Waals surface area contributed by atoms with Crippen LogP contribution in [-0.4, -0.2) is 30.6 Å². The fraction of sp³-hybridized carbons (Fsp3) is 0.357. The lowest BCUT2D eigenvalue weighted by atomic mass is 10.0. The van der Waals surface area contributed by atoms with Crippen LogP contribution in [0.15, 0.2) is 28.9 Å². The predicted octanol–water partition coefficient (Wildman–Crippen LogP) is 2.92. The molecule has 21 heavy (non-hydrogen) atoms. The number of phenols is 1. The molecule has 0 saturated heterocycles. The van der Waals surface area contributed by atoms with Gasteiger partial charge in [0.15, 0.2) is 0 Å². The SMILES string of the molecule is CCOc1ccc(C(/C=C(\N)C(F)(F)F)=NC)c(O)c1C. The molecule has 0 aliphatic heterocycles. The highest BCUT2D eigenvalue weighted by Gasteiger charge is 2.32. The largest absolute Gasteiger partial charge is 0.507 e. The molecule has 116 valence electrons. The molecule has 0 aliphatic rings. The Kier molecular flexibility index (Phi) is 5.23. The van der Waals surface area contributed by atoms with Gasteiger partial charge in [-0.05, 0) is 32.1 Å². The standard InChI is InChI=1S/C14H17F3N2O2/c1-4-21-11-6-5-9(13(20)8(11)2)10(19-3)7-12(18)14(15,16)17/h5-7,20H,4,18H2,1-3H3/b12-7-,19-10?. The van der Waals surface area contributed by atoms with Gasteiger partial charge in [-0.1, -0.05) is 0 Å². The van der Waals surface area contributed by atoms with E-state index in [-0.39, 0.29) is 17.0 Å². The predicted molar refractivity (Wildman–Crippen MR) is 74.8 cm³/mol. The van der Waals surface area contributed by atoms with E-state index >= 15 is 0 Å². The molecule has 7 heteroatoms. The van der Waals surface area contributed by atoms with Gasteiger partial charge in [0, 0.05) is 18.2 Å². The minimum atomic E-state index is -4.65. The summed E-state index contributed by atoms with van der Waals surface area (Å²) in [5, 5.41) is 10.1. The van der Waals surface area contributed by atoms with Crippen molar-refractivity contribution in [3.05, 3.63) is 35.0 Å². The summed E-state index contributed by atoms with van der Waals surface area (Å²) in [6, 6.07) is 3.01.